The molecule has 1 aromatic heterocycles. The summed E-state index contributed by atoms with van der Waals surface area (Å²) in [7, 11) is -5.85. The first-order valence-electron chi connectivity index (χ1n) is 6.67. The van der Waals surface area contributed by atoms with Crippen molar-refractivity contribution in [2.45, 2.75) is 30.4 Å². The third-order valence-electron chi connectivity index (χ3n) is 3.21. The Hall–Kier alpha value is -1.24. The zero-order chi connectivity index (χ0) is 19.2. The molecule has 25 heavy (non-hydrogen) atoms. The standard InChI is InChI=1S/C13H11BrF3NO5S2/c1-3-23-11(20)8(19)7-5(2)4-6-9(24-12(14)18-6)10(7)25(21,22)13(15,16)17/h4,8,19H,3H2,1-2H3. The third kappa shape index (κ3) is 3.52. The summed E-state index contributed by atoms with van der Waals surface area (Å²) >= 11 is 3.64. The molecule has 1 aromatic carbocycles. The number of carbonyl (C=O) groups excluding carboxylic acids is 1. The molecule has 0 fully saturated rings. The first kappa shape index (κ1) is 20.1. The number of alkyl halides is 3. The van der Waals surface area contributed by atoms with Gasteiger partial charge in [-0.05, 0) is 41.4 Å². The molecule has 0 amide bonds. The fourth-order valence-corrected chi connectivity index (χ4v) is 5.21. The molecule has 0 saturated heterocycles. The first-order chi connectivity index (χ1) is 11.4. The maximum absolute atomic E-state index is 13.2. The zero-order valence-electron chi connectivity index (χ0n) is 12.7. The van der Waals surface area contributed by atoms with E-state index in [1.807, 2.05) is 0 Å². The van der Waals surface area contributed by atoms with Gasteiger partial charge in [0.25, 0.3) is 9.84 Å². The number of aryl methyl sites for hydroxylation is 1. The Morgan fingerprint density at radius 3 is 2.60 bits per heavy atom. The molecule has 0 saturated carbocycles. The van der Waals surface area contributed by atoms with Gasteiger partial charge in [-0.1, -0.05) is 0 Å². The molecule has 12 heteroatoms. The molecule has 2 rings (SSSR count). The normalized spacial score (nSPS) is 13.9. The number of carbonyl (C=O) groups is 1. The third-order valence-corrected chi connectivity index (χ3v) is 6.45. The molecule has 0 spiro atoms. The van der Waals surface area contributed by atoms with Crippen molar-refractivity contribution in [3.63, 3.8) is 0 Å². The summed E-state index contributed by atoms with van der Waals surface area (Å²) in [6, 6.07) is 1.30. The van der Waals surface area contributed by atoms with E-state index in [9.17, 15) is 31.5 Å². The molecule has 0 bridgehead atoms. The summed E-state index contributed by atoms with van der Waals surface area (Å²) in [5, 5.41) is 10.1. The van der Waals surface area contributed by atoms with E-state index in [2.05, 4.69) is 25.7 Å². The number of hydrogen-bond acceptors (Lipinski definition) is 7. The van der Waals surface area contributed by atoms with Gasteiger partial charge < -0.3 is 9.84 Å². The highest BCUT2D eigenvalue weighted by atomic mass is 79.9. The predicted octanol–water partition coefficient (Wildman–Crippen LogP) is 3.26. The largest absolute Gasteiger partial charge is 0.501 e. The van der Waals surface area contributed by atoms with Crippen LogP contribution in [0.1, 0.15) is 24.2 Å². The van der Waals surface area contributed by atoms with Crippen LogP contribution < -0.4 is 0 Å². The fourth-order valence-electron chi connectivity index (χ4n) is 2.21. The number of nitrogens with zero attached hydrogens (tertiary/aromatic N) is 1. The van der Waals surface area contributed by atoms with Gasteiger partial charge >= 0.3 is 11.5 Å². The molecule has 0 aliphatic heterocycles. The summed E-state index contributed by atoms with van der Waals surface area (Å²) in [6.07, 6.45) is -2.18. The molecule has 1 N–H and O–H groups in total. The van der Waals surface area contributed by atoms with Crippen LogP contribution in [-0.4, -0.2) is 36.6 Å². The second kappa shape index (κ2) is 6.82. The van der Waals surface area contributed by atoms with Crippen LogP contribution in [0.25, 0.3) is 10.2 Å². The topological polar surface area (TPSA) is 93.6 Å². The number of benzene rings is 1. The van der Waals surface area contributed by atoms with Gasteiger partial charge in [0, 0.05) is 5.56 Å². The van der Waals surface area contributed by atoms with E-state index in [0.29, 0.717) is 11.3 Å². The highest BCUT2D eigenvalue weighted by Gasteiger charge is 2.50. The van der Waals surface area contributed by atoms with Crippen molar-refractivity contribution in [2.75, 3.05) is 6.61 Å². The van der Waals surface area contributed by atoms with Gasteiger partial charge in [0.1, 0.15) is 4.90 Å². The van der Waals surface area contributed by atoms with Crippen LogP contribution in [0.15, 0.2) is 14.9 Å². The highest BCUT2D eigenvalue weighted by Crippen LogP contribution is 2.43. The Kier molecular flexibility index (Phi) is 5.47. The van der Waals surface area contributed by atoms with Crippen LogP contribution in [0, 0.1) is 6.92 Å². The molecule has 2 aromatic rings. The summed E-state index contributed by atoms with van der Waals surface area (Å²) in [5.41, 5.74) is -6.32. The van der Waals surface area contributed by atoms with E-state index in [1.165, 1.54) is 19.9 Å². The highest BCUT2D eigenvalue weighted by molar-refractivity contribution is 9.11. The lowest BCUT2D eigenvalue weighted by Crippen LogP contribution is -2.27. The van der Waals surface area contributed by atoms with Gasteiger partial charge in [0.15, 0.2) is 10.0 Å². The summed E-state index contributed by atoms with van der Waals surface area (Å²) in [5.74, 6) is -1.24. The van der Waals surface area contributed by atoms with E-state index in [0.717, 1.165) is 0 Å². The molecule has 6 nitrogen and oxygen atoms in total. The lowest BCUT2D eigenvalue weighted by Gasteiger charge is -2.19. The number of thiazole rings is 1. The van der Waals surface area contributed by atoms with E-state index < -0.39 is 37.9 Å². The second-order valence-electron chi connectivity index (χ2n) is 4.86. The zero-order valence-corrected chi connectivity index (χ0v) is 15.9. The van der Waals surface area contributed by atoms with Gasteiger partial charge in [-0.15, -0.1) is 11.3 Å². The number of aliphatic hydroxyl groups excluding tert-OH is 1. The predicted molar refractivity (Wildman–Crippen MR) is 86.9 cm³/mol. The van der Waals surface area contributed by atoms with Crippen molar-refractivity contribution in [3.05, 3.63) is 21.1 Å². The van der Waals surface area contributed by atoms with Gasteiger partial charge in [0.05, 0.1) is 16.8 Å². The Morgan fingerprint density at radius 2 is 2.08 bits per heavy atom. The maximum atomic E-state index is 13.2. The number of halogens is 4. The number of hydrogen-bond donors (Lipinski definition) is 1. The molecule has 1 heterocycles. The van der Waals surface area contributed by atoms with Crippen LogP contribution in [-0.2, 0) is 19.4 Å². The maximum Gasteiger partial charge on any atom is 0.501 e. The number of aliphatic hydroxyl groups is 1. The molecule has 0 aliphatic rings. The molecule has 0 aliphatic carbocycles. The minimum Gasteiger partial charge on any atom is -0.464 e. The van der Waals surface area contributed by atoms with Crippen LogP contribution in [0.5, 0.6) is 0 Å². The van der Waals surface area contributed by atoms with Crippen LogP contribution in [0.2, 0.25) is 0 Å². The van der Waals surface area contributed by atoms with Crippen molar-refractivity contribution in [2.24, 2.45) is 0 Å². The van der Waals surface area contributed by atoms with Crippen LogP contribution in [0.4, 0.5) is 13.2 Å². The fraction of sp³-hybridized carbons (Fsp3) is 0.385. The minimum absolute atomic E-state index is 0.00277. The second-order valence-corrected chi connectivity index (χ2v) is 9.01. The summed E-state index contributed by atoms with van der Waals surface area (Å²) < 4.78 is 68.2. The SMILES string of the molecule is CCOC(=O)C(O)c1c(C)cc2nc(Br)sc2c1S(=O)(=O)C(F)(F)F. The van der Waals surface area contributed by atoms with Crippen LogP contribution in [0.3, 0.4) is 0 Å². The minimum atomic E-state index is -5.85. The average molecular weight is 462 g/mol. The van der Waals surface area contributed by atoms with Crippen LogP contribution >= 0.6 is 27.3 Å². The molecule has 1 atom stereocenters. The van der Waals surface area contributed by atoms with Crippen molar-refractivity contribution in [3.8, 4) is 0 Å². The Morgan fingerprint density at radius 1 is 1.48 bits per heavy atom. The van der Waals surface area contributed by atoms with Crippen molar-refractivity contribution >= 4 is 53.3 Å². The van der Waals surface area contributed by atoms with Crippen molar-refractivity contribution in [1.82, 2.24) is 4.98 Å². The van der Waals surface area contributed by atoms with E-state index in [-0.39, 0.29) is 26.3 Å². The average Bonchev–Trinajstić information content (AvgIpc) is 2.83. The number of esters is 1. The Balaban J connectivity index is 2.92. The van der Waals surface area contributed by atoms with Gasteiger partial charge in [-0.2, -0.15) is 13.2 Å². The van der Waals surface area contributed by atoms with Gasteiger partial charge in [0.2, 0.25) is 0 Å². The van der Waals surface area contributed by atoms with E-state index in [4.69, 9.17) is 0 Å². The van der Waals surface area contributed by atoms with E-state index >= 15 is 0 Å². The summed E-state index contributed by atoms with van der Waals surface area (Å²) in [6.45, 7) is 2.58. The molecule has 138 valence electrons. The monoisotopic (exact) mass is 461 g/mol. The first-order valence-corrected chi connectivity index (χ1v) is 9.76. The number of fused-ring (bicyclic) bond motifs is 1. The molecule has 0 radical (unpaired) electrons. The molecular formula is C13H11BrF3NO5S2. The Labute approximate surface area is 152 Å². The number of rotatable bonds is 4. The Bertz CT molecular complexity index is 939. The number of aromatic nitrogens is 1. The smallest absolute Gasteiger partial charge is 0.464 e. The van der Waals surface area contributed by atoms with E-state index in [1.54, 1.807) is 0 Å². The number of sulfone groups is 1. The molecular weight excluding hydrogens is 451 g/mol. The number of ether oxygens (including phenoxy) is 1. The molecule has 1 unspecified atom stereocenters. The summed E-state index contributed by atoms with van der Waals surface area (Å²) in [4.78, 5) is 14.5. The lowest BCUT2D eigenvalue weighted by molar-refractivity contribution is -0.153. The van der Waals surface area contributed by atoms with Gasteiger partial charge in [-0.3, -0.25) is 0 Å². The van der Waals surface area contributed by atoms with Crippen molar-refractivity contribution < 1.29 is 36.2 Å². The van der Waals surface area contributed by atoms with Crippen molar-refractivity contribution in [1.29, 1.82) is 0 Å². The lowest BCUT2D eigenvalue weighted by atomic mass is 10.0. The quantitative estimate of drug-likeness (QED) is 0.702. The van der Waals surface area contributed by atoms with Gasteiger partial charge in [-0.25, -0.2) is 18.2 Å².